The monoisotopic (exact) mass is 481 g/mol. The first-order valence-corrected chi connectivity index (χ1v) is 12.5. The van der Waals surface area contributed by atoms with Crippen LogP contribution in [0.4, 0.5) is 4.39 Å². The number of aliphatic hydroxyl groups is 1. The molecule has 188 valence electrons. The van der Waals surface area contributed by atoms with E-state index in [1.54, 1.807) is 12.1 Å². The Morgan fingerprint density at radius 1 is 1.14 bits per heavy atom. The minimum Gasteiger partial charge on any atom is -0.438 e. The van der Waals surface area contributed by atoms with Gasteiger partial charge >= 0.3 is 0 Å². The number of benzene rings is 2. The molecule has 1 aromatic heterocycles. The van der Waals surface area contributed by atoms with Gasteiger partial charge in [-0.2, -0.15) is 5.10 Å². The Bertz CT molecular complexity index is 1080. The minimum atomic E-state index is -0.576. The van der Waals surface area contributed by atoms with E-state index in [9.17, 15) is 9.50 Å². The van der Waals surface area contributed by atoms with Crippen LogP contribution in [0.25, 0.3) is 5.69 Å². The number of ether oxygens (including phenoxy) is 2. The van der Waals surface area contributed by atoms with E-state index in [4.69, 9.17) is 14.6 Å². The fourth-order valence-corrected chi connectivity index (χ4v) is 4.25. The lowest BCUT2D eigenvalue weighted by atomic mass is 10.1. The van der Waals surface area contributed by atoms with E-state index in [-0.39, 0.29) is 11.7 Å². The third-order valence-electron chi connectivity index (χ3n) is 6.10. The Balaban J connectivity index is 1.73. The highest BCUT2D eigenvalue weighted by Crippen LogP contribution is 2.36. The van der Waals surface area contributed by atoms with Crippen molar-refractivity contribution in [2.45, 2.75) is 52.2 Å². The van der Waals surface area contributed by atoms with E-state index in [0.29, 0.717) is 43.9 Å². The Hall–Kier alpha value is -2.74. The molecule has 0 amide bonds. The molecule has 0 bridgehead atoms. The molecule has 1 heterocycles. The smallest absolute Gasteiger partial charge is 0.227 e. The second-order valence-corrected chi connectivity index (χ2v) is 9.58. The number of aliphatic hydroxyl groups excluding tert-OH is 1. The van der Waals surface area contributed by atoms with Gasteiger partial charge in [-0.05, 0) is 55.9 Å². The fourth-order valence-electron chi connectivity index (χ4n) is 4.25. The van der Waals surface area contributed by atoms with Gasteiger partial charge in [-0.1, -0.05) is 38.1 Å². The van der Waals surface area contributed by atoms with Crippen LogP contribution in [-0.4, -0.2) is 52.2 Å². The molecule has 0 aliphatic heterocycles. The van der Waals surface area contributed by atoms with Crippen molar-refractivity contribution in [1.29, 1.82) is 0 Å². The summed E-state index contributed by atoms with van der Waals surface area (Å²) in [5.41, 5.74) is 2.76. The largest absolute Gasteiger partial charge is 0.438 e. The molecule has 0 radical (unpaired) electrons. The molecule has 3 aromatic rings. The summed E-state index contributed by atoms with van der Waals surface area (Å²) < 4.78 is 27.6. The summed E-state index contributed by atoms with van der Waals surface area (Å²) in [6.07, 6.45) is 1.85. The number of aromatic nitrogens is 2. The van der Waals surface area contributed by atoms with Gasteiger partial charge in [-0.25, -0.2) is 9.07 Å². The lowest BCUT2D eigenvalue weighted by molar-refractivity contribution is 0.0185. The zero-order valence-electron chi connectivity index (χ0n) is 20.9. The van der Waals surface area contributed by atoms with E-state index < -0.39 is 6.10 Å². The third kappa shape index (κ3) is 6.90. The molecule has 1 N–H and O–H groups in total. The fraction of sp³-hybridized carbons (Fsp3) is 0.464. The van der Waals surface area contributed by atoms with Crippen LogP contribution >= 0.6 is 0 Å². The number of hydrogen-bond donors (Lipinski definition) is 1. The predicted octanol–water partition coefficient (Wildman–Crippen LogP) is 5.54. The number of rotatable bonds is 13. The first-order valence-electron chi connectivity index (χ1n) is 12.5. The maximum Gasteiger partial charge on any atom is 0.227 e. The summed E-state index contributed by atoms with van der Waals surface area (Å²) in [6, 6.07) is 16.0. The molecular formula is C28H36FN3O3. The van der Waals surface area contributed by atoms with E-state index in [1.165, 1.54) is 25.0 Å². The Morgan fingerprint density at radius 2 is 1.91 bits per heavy atom. The Labute approximate surface area is 207 Å². The van der Waals surface area contributed by atoms with Crippen LogP contribution in [0.3, 0.4) is 0 Å². The van der Waals surface area contributed by atoms with Crippen molar-refractivity contribution >= 4 is 0 Å². The number of hydrogen-bond acceptors (Lipinski definition) is 5. The zero-order valence-corrected chi connectivity index (χ0v) is 20.9. The molecule has 2 aromatic carbocycles. The van der Waals surface area contributed by atoms with Crippen LogP contribution in [0.2, 0.25) is 0 Å². The first kappa shape index (κ1) is 25.4. The maximum absolute atomic E-state index is 14.0. The van der Waals surface area contributed by atoms with Crippen LogP contribution in [0.15, 0.2) is 54.6 Å². The molecule has 1 saturated carbocycles. The maximum atomic E-state index is 14.0. The van der Waals surface area contributed by atoms with Gasteiger partial charge in [0.15, 0.2) is 0 Å². The second kappa shape index (κ2) is 11.8. The highest BCUT2D eigenvalue weighted by molar-refractivity contribution is 5.44. The van der Waals surface area contributed by atoms with Gasteiger partial charge in [0.25, 0.3) is 0 Å². The average molecular weight is 482 g/mol. The van der Waals surface area contributed by atoms with Gasteiger partial charge in [0, 0.05) is 32.3 Å². The molecule has 4 rings (SSSR count). The van der Waals surface area contributed by atoms with Crippen LogP contribution in [0.5, 0.6) is 11.6 Å². The van der Waals surface area contributed by atoms with Crippen molar-refractivity contribution in [1.82, 2.24) is 14.7 Å². The molecule has 1 atom stereocenters. The molecule has 35 heavy (non-hydrogen) atoms. The number of nitrogens with zero attached hydrogens (tertiary/aromatic N) is 3. The quantitative estimate of drug-likeness (QED) is 0.348. The molecule has 1 fully saturated rings. The van der Waals surface area contributed by atoms with Crippen molar-refractivity contribution in [3.63, 3.8) is 0 Å². The normalized spacial score (nSPS) is 14.6. The molecule has 0 spiro atoms. The number of halogens is 1. The van der Waals surface area contributed by atoms with Crippen molar-refractivity contribution in [2.24, 2.45) is 5.92 Å². The molecule has 6 nitrogen and oxygen atoms in total. The van der Waals surface area contributed by atoms with Crippen molar-refractivity contribution in [2.75, 3.05) is 26.3 Å². The highest BCUT2D eigenvalue weighted by Gasteiger charge is 2.29. The average Bonchev–Trinajstić information content (AvgIpc) is 3.59. The third-order valence-corrected chi connectivity index (χ3v) is 6.10. The summed E-state index contributed by atoms with van der Waals surface area (Å²) in [5.74, 6) is 1.44. The summed E-state index contributed by atoms with van der Waals surface area (Å²) in [7, 11) is 0. The molecule has 1 aliphatic rings. The Kier molecular flexibility index (Phi) is 8.55. The van der Waals surface area contributed by atoms with Gasteiger partial charge in [-0.15, -0.1) is 0 Å². The Morgan fingerprint density at radius 3 is 2.57 bits per heavy atom. The van der Waals surface area contributed by atoms with E-state index in [1.807, 2.05) is 41.9 Å². The van der Waals surface area contributed by atoms with Gasteiger partial charge in [-0.3, -0.25) is 4.90 Å². The molecule has 0 saturated heterocycles. The van der Waals surface area contributed by atoms with Crippen LogP contribution in [-0.2, 0) is 11.3 Å². The molecule has 1 aliphatic carbocycles. The van der Waals surface area contributed by atoms with Crippen molar-refractivity contribution < 1.29 is 19.0 Å². The summed E-state index contributed by atoms with van der Waals surface area (Å²) >= 11 is 0. The van der Waals surface area contributed by atoms with Gasteiger partial charge < -0.3 is 14.6 Å². The summed E-state index contributed by atoms with van der Waals surface area (Å²) in [5, 5.41) is 15.6. The van der Waals surface area contributed by atoms with Crippen LogP contribution in [0, 0.1) is 11.7 Å². The van der Waals surface area contributed by atoms with E-state index in [0.717, 1.165) is 23.5 Å². The molecular weight excluding hydrogens is 445 g/mol. The lowest BCUT2D eigenvalue weighted by Gasteiger charge is -2.26. The SMILES string of the molecule is CCOCC(O)CN(Cc1c(C(C)C)nn(-c2ccccc2)c1Oc1cccc(F)c1)CC1CC1. The summed E-state index contributed by atoms with van der Waals surface area (Å²) in [6.45, 7) is 9.02. The topological polar surface area (TPSA) is 59.8 Å². The minimum absolute atomic E-state index is 0.154. The van der Waals surface area contributed by atoms with Crippen molar-refractivity contribution in [3.8, 4) is 17.3 Å². The standard InChI is InChI=1S/C28H36FN3O3/c1-4-34-19-24(33)17-31(16-21-13-14-21)18-26-27(20(2)3)30-32(23-10-6-5-7-11-23)28(26)35-25-12-8-9-22(29)15-25/h5-12,15,20-21,24,33H,4,13-14,16-19H2,1-3H3. The summed E-state index contributed by atoms with van der Waals surface area (Å²) in [4.78, 5) is 2.28. The lowest BCUT2D eigenvalue weighted by Crippen LogP contribution is -2.36. The predicted molar refractivity (Wildman–Crippen MR) is 135 cm³/mol. The van der Waals surface area contributed by atoms with Gasteiger partial charge in [0.1, 0.15) is 11.6 Å². The first-order chi connectivity index (χ1) is 16.9. The second-order valence-electron chi connectivity index (χ2n) is 9.58. The highest BCUT2D eigenvalue weighted by atomic mass is 19.1. The van der Waals surface area contributed by atoms with E-state index in [2.05, 4.69) is 18.7 Å². The molecule has 1 unspecified atom stereocenters. The molecule has 7 heteroatoms. The van der Waals surface area contributed by atoms with Gasteiger partial charge in [0.05, 0.1) is 29.7 Å². The van der Waals surface area contributed by atoms with Crippen LogP contribution < -0.4 is 4.74 Å². The van der Waals surface area contributed by atoms with Crippen LogP contribution in [0.1, 0.15) is 50.8 Å². The van der Waals surface area contributed by atoms with Gasteiger partial charge in [0.2, 0.25) is 5.88 Å². The van der Waals surface area contributed by atoms with E-state index >= 15 is 0 Å². The van der Waals surface area contributed by atoms with Crippen molar-refractivity contribution in [3.05, 3.63) is 71.7 Å². The zero-order chi connectivity index (χ0) is 24.8. The number of para-hydroxylation sites is 1.